The molecule has 0 aliphatic rings. The van der Waals surface area contributed by atoms with Gasteiger partial charge in [0.1, 0.15) is 0 Å². The Morgan fingerprint density at radius 2 is 1.53 bits per heavy atom. The van der Waals surface area contributed by atoms with Crippen LogP contribution >= 0.6 is 0 Å². The molecule has 0 bridgehead atoms. The molecule has 0 amide bonds. The quantitative estimate of drug-likeness (QED) is 0.379. The van der Waals surface area contributed by atoms with Gasteiger partial charge >= 0.3 is 41.9 Å². The van der Waals surface area contributed by atoms with Gasteiger partial charge in [-0.3, -0.25) is 0 Å². The number of hydrogen-bond donors (Lipinski definition) is 0. The van der Waals surface area contributed by atoms with Gasteiger partial charge in [-0.25, -0.2) is 23.8 Å². The van der Waals surface area contributed by atoms with Crippen molar-refractivity contribution in [3.63, 3.8) is 0 Å². The normalized spacial score (nSPS) is 7.74. The minimum absolute atomic E-state index is 0. The summed E-state index contributed by atoms with van der Waals surface area (Å²) in [4.78, 5) is 0. The molecule has 0 atom stereocenters. The SMILES string of the molecule is C[Si](C)=[Zr+2].C[c-]1cccc1.Cc1c[cH-]c(C)c1.[Cl-].[Cl-]. The van der Waals surface area contributed by atoms with Gasteiger partial charge in [0, 0.05) is 0 Å². The zero-order valence-electron chi connectivity index (χ0n) is 12.3. The molecule has 0 fully saturated rings. The second-order valence-electron chi connectivity index (χ2n) is 4.43. The molecular weight excluding hydrogens is 370 g/mol. The maximum atomic E-state index is 2.31. The number of hydrogen-bond acceptors (Lipinski definition) is 0. The Morgan fingerprint density at radius 3 is 1.63 bits per heavy atom. The van der Waals surface area contributed by atoms with E-state index in [-0.39, 0.29) is 30.2 Å². The predicted octanol–water partition coefficient (Wildman–Crippen LogP) is -1.47. The summed E-state index contributed by atoms with van der Waals surface area (Å²) in [5, 5.41) is 0. The number of rotatable bonds is 0. The Labute approximate surface area is 145 Å². The van der Waals surface area contributed by atoms with Crippen molar-refractivity contribution in [1.82, 2.24) is 0 Å². The van der Waals surface area contributed by atoms with Gasteiger partial charge in [0.05, 0.1) is 0 Å². The van der Waals surface area contributed by atoms with Crippen LogP contribution in [0.5, 0.6) is 0 Å². The molecule has 0 aromatic heterocycles. The Kier molecular flexibility index (Phi) is 19.0. The minimum atomic E-state index is 0. The zero-order chi connectivity index (χ0) is 13.3. The molecule has 0 aliphatic heterocycles. The zero-order valence-corrected chi connectivity index (χ0v) is 17.3. The van der Waals surface area contributed by atoms with Crippen molar-refractivity contribution in [2.75, 3.05) is 0 Å². The Hall–Kier alpha value is 0.380. The molecule has 4 heteroatoms. The van der Waals surface area contributed by atoms with Crippen molar-refractivity contribution >= 4 is 5.43 Å². The van der Waals surface area contributed by atoms with Crippen LogP contribution in [0.1, 0.15) is 16.7 Å². The van der Waals surface area contributed by atoms with Crippen LogP contribution in [0, 0.1) is 20.8 Å². The number of halogens is 2. The average molecular weight is 393 g/mol. The van der Waals surface area contributed by atoms with Crippen LogP contribution in [0.4, 0.5) is 0 Å². The van der Waals surface area contributed by atoms with Gasteiger partial charge < -0.3 is 24.8 Å². The first-order chi connectivity index (χ1) is 7.91. The van der Waals surface area contributed by atoms with E-state index in [0.717, 1.165) is 0 Å². The van der Waals surface area contributed by atoms with Crippen LogP contribution in [-0.4, -0.2) is 5.43 Å². The molecule has 0 saturated carbocycles. The molecule has 2 aromatic rings. The molecule has 0 saturated heterocycles. The van der Waals surface area contributed by atoms with Crippen LogP contribution in [0.25, 0.3) is 0 Å². The summed E-state index contributed by atoms with van der Waals surface area (Å²) in [6.45, 7) is 10.9. The van der Waals surface area contributed by atoms with Crippen LogP contribution in [0.2, 0.25) is 13.1 Å². The summed E-state index contributed by atoms with van der Waals surface area (Å²) in [5.74, 6) is 0. The molecule has 0 spiro atoms. The largest absolute Gasteiger partial charge is 1.00 e. The molecule has 2 aromatic carbocycles. The minimum Gasteiger partial charge on any atom is -1.00 e. The third-order valence-electron chi connectivity index (χ3n) is 1.89. The summed E-state index contributed by atoms with van der Waals surface area (Å²) in [6, 6.07) is 14.6. The summed E-state index contributed by atoms with van der Waals surface area (Å²) in [7, 11) is 0. The second-order valence-corrected chi connectivity index (χ2v) is 13.8. The maximum Gasteiger partial charge on any atom is -0.0635 e. The Bertz CT molecular complexity index is 399. The Balaban J connectivity index is -0.000000199. The van der Waals surface area contributed by atoms with Crippen molar-refractivity contribution in [1.29, 1.82) is 0 Å². The first-order valence-corrected chi connectivity index (χ1v) is 12.0. The van der Waals surface area contributed by atoms with Crippen molar-refractivity contribution < 1.29 is 48.1 Å². The van der Waals surface area contributed by atoms with E-state index in [0.29, 0.717) is 0 Å². The van der Waals surface area contributed by atoms with E-state index < -0.39 is 0 Å². The van der Waals surface area contributed by atoms with Gasteiger partial charge in [0.15, 0.2) is 0 Å². The average Bonchev–Trinajstić information content (AvgIpc) is 2.78. The van der Waals surface area contributed by atoms with Gasteiger partial charge in [-0.2, -0.15) is 35.4 Å². The maximum absolute atomic E-state index is 2.31. The summed E-state index contributed by atoms with van der Waals surface area (Å²) in [6.07, 6.45) is 0. The fourth-order valence-electron chi connectivity index (χ4n) is 1.19. The van der Waals surface area contributed by atoms with E-state index in [9.17, 15) is 0 Å². The summed E-state index contributed by atoms with van der Waals surface area (Å²) in [5.41, 5.74) is 4.27. The molecule has 0 heterocycles. The Morgan fingerprint density at radius 1 is 1.11 bits per heavy atom. The van der Waals surface area contributed by atoms with Crippen LogP contribution in [-0.2, 0) is 23.3 Å². The van der Waals surface area contributed by atoms with Gasteiger partial charge in [0.2, 0.25) is 0 Å². The molecule has 0 unspecified atom stereocenters. The number of aryl methyl sites for hydroxylation is 3. The molecule has 0 nitrogen and oxygen atoms in total. The molecule has 106 valence electrons. The molecule has 19 heavy (non-hydrogen) atoms. The fraction of sp³-hybridized carbons (Fsp3) is 0.333. The van der Waals surface area contributed by atoms with E-state index in [1.165, 1.54) is 16.7 Å². The molecule has 0 aliphatic carbocycles. The third kappa shape index (κ3) is 18.4. The van der Waals surface area contributed by atoms with Gasteiger partial charge in [-0.1, -0.05) is 20.8 Å². The van der Waals surface area contributed by atoms with Crippen LogP contribution in [0.3, 0.4) is 0 Å². The third-order valence-corrected chi connectivity index (χ3v) is 1.89. The van der Waals surface area contributed by atoms with Crippen molar-refractivity contribution in [2.45, 2.75) is 33.9 Å². The van der Waals surface area contributed by atoms with Crippen molar-refractivity contribution in [2.24, 2.45) is 0 Å². The van der Waals surface area contributed by atoms with E-state index in [2.05, 4.69) is 64.2 Å². The molecular formula is C15H22Cl2SiZr-2. The van der Waals surface area contributed by atoms with Crippen LogP contribution < -0.4 is 24.8 Å². The standard InChI is InChI=1S/C7H9.C6H7.C2H6Si.2ClH.Zr/c1-6-3-4-7(2)5-6;1-6-4-2-3-5-6;1-3-2;;;/h3-5H,1-2H3;2-5H,1H3;1-2H3;2*1H;/q2*-1;;;;+2/p-2. The van der Waals surface area contributed by atoms with Gasteiger partial charge in [0.25, 0.3) is 0 Å². The monoisotopic (exact) mass is 390 g/mol. The molecule has 0 N–H and O–H groups in total. The van der Waals surface area contributed by atoms with E-state index in [1.54, 1.807) is 23.3 Å². The topological polar surface area (TPSA) is 0 Å². The second kappa shape index (κ2) is 14.8. The smallest absolute Gasteiger partial charge is 0.0635 e. The predicted molar refractivity (Wildman–Crippen MR) is 75.8 cm³/mol. The molecule has 0 radical (unpaired) electrons. The first-order valence-electron chi connectivity index (χ1n) is 5.82. The summed E-state index contributed by atoms with van der Waals surface area (Å²) >= 11 is 1.74. The van der Waals surface area contributed by atoms with E-state index in [4.69, 9.17) is 0 Å². The van der Waals surface area contributed by atoms with Gasteiger partial charge in [-0.05, 0) is 0 Å². The van der Waals surface area contributed by atoms with E-state index >= 15 is 0 Å². The van der Waals surface area contributed by atoms with Crippen molar-refractivity contribution in [3.05, 3.63) is 59.2 Å². The summed E-state index contributed by atoms with van der Waals surface area (Å²) < 4.78 is 0. The molecule has 2 rings (SSSR count). The van der Waals surface area contributed by atoms with Crippen molar-refractivity contribution in [3.8, 4) is 0 Å². The van der Waals surface area contributed by atoms with Gasteiger partial charge in [-0.15, -0.1) is 0 Å². The van der Waals surface area contributed by atoms with Crippen LogP contribution in [0.15, 0.2) is 42.5 Å². The first kappa shape index (κ1) is 24.4. The fourth-order valence-corrected chi connectivity index (χ4v) is 1.19. The van der Waals surface area contributed by atoms with E-state index in [1.807, 2.05) is 12.1 Å².